The third-order valence-corrected chi connectivity index (χ3v) is 4.08. The maximum Gasteiger partial charge on any atom is 0.236 e. The van der Waals surface area contributed by atoms with Crippen molar-refractivity contribution >= 4 is 5.91 Å². The summed E-state index contributed by atoms with van der Waals surface area (Å²) in [5.41, 5.74) is 0. The van der Waals surface area contributed by atoms with Gasteiger partial charge in [-0.2, -0.15) is 0 Å². The first-order valence-corrected chi connectivity index (χ1v) is 7.15. The molecule has 0 saturated carbocycles. The van der Waals surface area contributed by atoms with E-state index in [1.54, 1.807) is 0 Å². The van der Waals surface area contributed by atoms with Crippen molar-refractivity contribution in [3.05, 3.63) is 0 Å². The van der Waals surface area contributed by atoms with Crippen LogP contribution in [0.2, 0.25) is 0 Å². The molecule has 104 valence electrons. The summed E-state index contributed by atoms with van der Waals surface area (Å²) < 4.78 is 0. The summed E-state index contributed by atoms with van der Waals surface area (Å²) in [6.45, 7) is 12.9. The van der Waals surface area contributed by atoms with E-state index in [9.17, 15) is 4.79 Å². The summed E-state index contributed by atoms with van der Waals surface area (Å²) in [6, 6.07) is 0.569. The Morgan fingerprint density at radius 3 is 2.56 bits per heavy atom. The number of likely N-dealkylation sites (N-methyl/N-ethyl adjacent to an activating group) is 1. The van der Waals surface area contributed by atoms with E-state index in [0.29, 0.717) is 18.5 Å². The Morgan fingerprint density at radius 2 is 1.94 bits per heavy atom. The van der Waals surface area contributed by atoms with Gasteiger partial charge < -0.3 is 10.2 Å². The highest BCUT2D eigenvalue weighted by Crippen LogP contribution is 2.09. The zero-order chi connectivity index (χ0) is 13.0. The molecule has 5 nitrogen and oxygen atoms in total. The quantitative estimate of drug-likeness (QED) is 0.733. The molecular formula is C13H26N4O. The fraction of sp³-hybridized carbons (Fsp3) is 0.923. The molecule has 0 bridgehead atoms. The molecule has 2 fully saturated rings. The van der Waals surface area contributed by atoms with Crippen molar-refractivity contribution in [1.82, 2.24) is 20.0 Å². The minimum Gasteiger partial charge on any atom is -0.339 e. The number of piperazine rings is 2. The molecule has 5 heteroatoms. The maximum atomic E-state index is 12.2. The molecule has 2 aliphatic rings. The number of nitrogens with one attached hydrogen (secondary N) is 1. The third-order valence-electron chi connectivity index (χ3n) is 4.08. The van der Waals surface area contributed by atoms with E-state index in [1.807, 2.05) is 4.90 Å². The van der Waals surface area contributed by atoms with Crippen LogP contribution in [0.5, 0.6) is 0 Å². The second kappa shape index (κ2) is 6.50. The Hall–Kier alpha value is -0.650. The lowest BCUT2D eigenvalue weighted by atomic mass is 10.2. The van der Waals surface area contributed by atoms with Crippen LogP contribution in [0.4, 0.5) is 0 Å². The first-order valence-electron chi connectivity index (χ1n) is 7.15. The molecule has 2 saturated heterocycles. The normalized spacial score (nSPS) is 27.4. The zero-order valence-corrected chi connectivity index (χ0v) is 11.7. The average Bonchev–Trinajstić information content (AvgIpc) is 2.40. The van der Waals surface area contributed by atoms with Crippen LogP contribution in [0, 0.1) is 0 Å². The van der Waals surface area contributed by atoms with Gasteiger partial charge in [0.05, 0.1) is 6.54 Å². The molecule has 0 aromatic carbocycles. The van der Waals surface area contributed by atoms with E-state index in [0.717, 1.165) is 52.4 Å². The molecule has 2 aliphatic heterocycles. The molecule has 0 aromatic heterocycles. The second-order valence-electron chi connectivity index (χ2n) is 5.34. The van der Waals surface area contributed by atoms with Crippen LogP contribution in [-0.2, 0) is 4.79 Å². The Morgan fingerprint density at radius 1 is 1.22 bits per heavy atom. The molecule has 0 radical (unpaired) electrons. The van der Waals surface area contributed by atoms with Crippen LogP contribution in [0.15, 0.2) is 0 Å². The largest absolute Gasteiger partial charge is 0.339 e. The van der Waals surface area contributed by atoms with Crippen LogP contribution in [0.3, 0.4) is 0 Å². The van der Waals surface area contributed by atoms with Crippen LogP contribution in [0.25, 0.3) is 0 Å². The zero-order valence-electron chi connectivity index (χ0n) is 11.7. The minimum atomic E-state index is 0.300. The van der Waals surface area contributed by atoms with E-state index in [2.05, 4.69) is 29.0 Å². The van der Waals surface area contributed by atoms with Crippen molar-refractivity contribution in [2.75, 3.05) is 58.9 Å². The fourth-order valence-corrected chi connectivity index (χ4v) is 2.89. The Kier molecular flexibility index (Phi) is 4.97. The molecule has 0 spiro atoms. The standard InChI is InChI=1S/C13H26N4O/c1-3-16-9-8-15(10-12(16)2)11-13(18)17-6-4-14-5-7-17/h12,14H,3-11H2,1-2H3. The molecule has 18 heavy (non-hydrogen) atoms. The van der Waals surface area contributed by atoms with E-state index in [1.165, 1.54) is 0 Å². The lowest BCUT2D eigenvalue weighted by Gasteiger charge is -2.40. The highest BCUT2D eigenvalue weighted by molar-refractivity contribution is 5.78. The summed E-state index contributed by atoms with van der Waals surface area (Å²) in [7, 11) is 0. The number of carbonyl (C=O) groups is 1. The molecule has 1 unspecified atom stereocenters. The van der Waals surface area contributed by atoms with Gasteiger partial charge in [0, 0.05) is 51.9 Å². The van der Waals surface area contributed by atoms with Gasteiger partial charge in [0.15, 0.2) is 0 Å². The van der Waals surface area contributed by atoms with Gasteiger partial charge in [0.2, 0.25) is 5.91 Å². The van der Waals surface area contributed by atoms with Gasteiger partial charge in [-0.15, -0.1) is 0 Å². The monoisotopic (exact) mass is 254 g/mol. The number of rotatable bonds is 3. The van der Waals surface area contributed by atoms with E-state index < -0.39 is 0 Å². The van der Waals surface area contributed by atoms with E-state index in [4.69, 9.17) is 0 Å². The fourth-order valence-electron chi connectivity index (χ4n) is 2.89. The number of hydrogen-bond donors (Lipinski definition) is 1. The highest BCUT2D eigenvalue weighted by atomic mass is 16.2. The van der Waals surface area contributed by atoms with Crippen LogP contribution < -0.4 is 5.32 Å². The van der Waals surface area contributed by atoms with Crippen molar-refractivity contribution in [2.45, 2.75) is 19.9 Å². The summed E-state index contributed by atoms with van der Waals surface area (Å²) in [5.74, 6) is 0.300. The minimum absolute atomic E-state index is 0.300. The van der Waals surface area contributed by atoms with Gasteiger partial charge in [0.1, 0.15) is 0 Å². The lowest BCUT2D eigenvalue weighted by Crippen LogP contribution is -2.55. The topological polar surface area (TPSA) is 38.8 Å². The first kappa shape index (κ1) is 13.8. The lowest BCUT2D eigenvalue weighted by molar-refractivity contribution is -0.133. The third kappa shape index (κ3) is 3.43. The van der Waals surface area contributed by atoms with Crippen molar-refractivity contribution in [1.29, 1.82) is 0 Å². The number of carbonyl (C=O) groups excluding carboxylic acids is 1. The Bertz CT molecular complexity index is 278. The van der Waals surface area contributed by atoms with Crippen molar-refractivity contribution in [3.63, 3.8) is 0 Å². The molecule has 0 aromatic rings. The Balaban J connectivity index is 1.77. The number of nitrogens with zero attached hydrogens (tertiary/aromatic N) is 3. The molecule has 1 atom stereocenters. The second-order valence-corrected chi connectivity index (χ2v) is 5.34. The van der Waals surface area contributed by atoms with Crippen molar-refractivity contribution in [2.24, 2.45) is 0 Å². The molecule has 1 amide bonds. The number of amides is 1. The van der Waals surface area contributed by atoms with Gasteiger partial charge in [-0.25, -0.2) is 0 Å². The van der Waals surface area contributed by atoms with Gasteiger partial charge >= 0.3 is 0 Å². The maximum absolute atomic E-state index is 12.2. The van der Waals surface area contributed by atoms with Crippen LogP contribution >= 0.6 is 0 Å². The molecule has 2 heterocycles. The van der Waals surface area contributed by atoms with E-state index >= 15 is 0 Å². The molecule has 2 rings (SSSR count). The molecule has 1 N–H and O–H groups in total. The number of hydrogen-bond acceptors (Lipinski definition) is 4. The Labute approximate surface area is 110 Å². The van der Waals surface area contributed by atoms with Crippen LogP contribution in [-0.4, -0.2) is 85.6 Å². The van der Waals surface area contributed by atoms with E-state index in [-0.39, 0.29) is 0 Å². The van der Waals surface area contributed by atoms with Gasteiger partial charge in [-0.1, -0.05) is 6.92 Å². The smallest absolute Gasteiger partial charge is 0.236 e. The first-order chi connectivity index (χ1) is 8.70. The predicted octanol–water partition coefficient (Wildman–Crippen LogP) is -0.556. The molecule has 0 aliphatic carbocycles. The van der Waals surface area contributed by atoms with Gasteiger partial charge in [-0.3, -0.25) is 14.6 Å². The molecular weight excluding hydrogens is 228 g/mol. The summed E-state index contributed by atoms with van der Waals surface area (Å²) in [5, 5.41) is 3.28. The SMILES string of the molecule is CCN1CCN(CC(=O)N2CCNCC2)CC1C. The summed E-state index contributed by atoms with van der Waals surface area (Å²) in [4.78, 5) is 18.9. The van der Waals surface area contributed by atoms with Crippen molar-refractivity contribution in [3.8, 4) is 0 Å². The van der Waals surface area contributed by atoms with Gasteiger partial charge in [0.25, 0.3) is 0 Å². The average molecular weight is 254 g/mol. The predicted molar refractivity (Wildman–Crippen MR) is 72.6 cm³/mol. The highest BCUT2D eigenvalue weighted by Gasteiger charge is 2.25. The summed E-state index contributed by atoms with van der Waals surface area (Å²) >= 11 is 0. The van der Waals surface area contributed by atoms with Crippen LogP contribution in [0.1, 0.15) is 13.8 Å². The van der Waals surface area contributed by atoms with Crippen molar-refractivity contribution < 1.29 is 4.79 Å². The van der Waals surface area contributed by atoms with Gasteiger partial charge in [-0.05, 0) is 13.5 Å². The summed E-state index contributed by atoms with van der Waals surface area (Å²) in [6.07, 6.45) is 0.